The summed E-state index contributed by atoms with van der Waals surface area (Å²) < 4.78 is 0. The molecule has 0 radical (unpaired) electrons. The number of nitrogens with zero attached hydrogens (tertiary/aromatic N) is 1. The fourth-order valence-corrected chi connectivity index (χ4v) is 3.68. The van der Waals surface area contributed by atoms with E-state index in [0.29, 0.717) is 38.8 Å². The number of carbonyl (C=O) groups excluding carboxylic acids is 4. The molecule has 4 amide bonds. The molecule has 0 aromatic heterocycles. The van der Waals surface area contributed by atoms with Crippen molar-refractivity contribution in [3.05, 3.63) is 0 Å². The second-order valence-corrected chi connectivity index (χ2v) is 8.09. The first-order chi connectivity index (χ1) is 15.1. The van der Waals surface area contributed by atoms with Crippen molar-refractivity contribution in [2.75, 3.05) is 18.8 Å². The minimum Gasteiger partial charge on any atom is -0.480 e. The summed E-state index contributed by atoms with van der Waals surface area (Å²) >= 11 is 3.89. The van der Waals surface area contributed by atoms with E-state index in [9.17, 15) is 24.0 Å². The number of carbonyl (C=O) groups is 5. The number of rotatable bonds is 14. The van der Waals surface area contributed by atoms with Crippen LogP contribution in [0.5, 0.6) is 0 Å². The number of hydrogen-bond acceptors (Lipinski definition) is 8. The maximum atomic E-state index is 12.9. The van der Waals surface area contributed by atoms with Gasteiger partial charge in [-0.1, -0.05) is 6.42 Å². The van der Waals surface area contributed by atoms with Gasteiger partial charge >= 0.3 is 5.97 Å². The van der Waals surface area contributed by atoms with Crippen LogP contribution in [0.1, 0.15) is 44.9 Å². The van der Waals surface area contributed by atoms with Gasteiger partial charge in [0.1, 0.15) is 18.1 Å². The molecule has 1 aliphatic heterocycles. The Morgan fingerprint density at radius 3 is 2.34 bits per heavy atom. The topological polar surface area (TPSA) is 211 Å². The lowest BCUT2D eigenvalue weighted by atomic mass is 10.1. The summed E-state index contributed by atoms with van der Waals surface area (Å²) in [5.74, 6) is -3.84. The Bertz CT molecular complexity index is 693. The number of thiol groups is 1. The van der Waals surface area contributed by atoms with Gasteiger partial charge < -0.3 is 37.8 Å². The largest absolute Gasteiger partial charge is 0.480 e. The molecule has 9 N–H and O–H groups in total. The summed E-state index contributed by atoms with van der Waals surface area (Å²) in [6.07, 6.45) is 2.56. The monoisotopic (exact) mass is 474 g/mol. The number of carboxylic acids is 1. The third kappa shape index (κ3) is 8.63. The number of amides is 4. The lowest BCUT2D eigenvalue weighted by Gasteiger charge is -2.28. The van der Waals surface area contributed by atoms with Crippen LogP contribution in [0, 0.1) is 0 Å². The summed E-state index contributed by atoms with van der Waals surface area (Å²) in [5.41, 5.74) is 16.6. The third-order valence-electron chi connectivity index (χ3n) is 5.23. The van der Waals surface area contributed by atoms with Crippen LogP contribution in [-0.2, 0) is 24.0 Å². The fourth-order valence-electron chi connectivity index (χ4n) is 3.43. The molecule has 0 aromatic rings. The second-order valence-electron chi connectivity index (χ2n) is 7.73. The van der Waals surface area contributed by atoms with Gasteiger partial charge in [-0.15, -0.1) is 0 Å². The molecule has 182 valence electrons. The highest BCUT2D eigenvalue weighted by Crippen LogP contribution is 2.20. The summed E-state index contributed by atoms with van der Waals surface area (Å²) in [6.45, 7) is 0.862. The number of primary amides is 1. The Morgan fingerprint density at radius 1 is 1.09 bits per heavy atom. The number of hydrogen-bond donors (Lipinski definition) is 7. The van der Waals surface area contributed by atoms with Crippen LogP contribution in [0.2, 0.25) is 0 Å². The molecule has 4 unspecified atom stereocenters. The Labute approximate surface area is 192 Å². The van der Waals surface area contributed by atoms with E-state index >= 15 is 0 Å². The lowest BCUT2D eigenvalue weighted by molar-refractivity contribution is -0.142. The number of unbranched alkanes of at least 4 members (excludes halogenated alkanes) is 1. The Hall–Kier alpha value is -2.38. The van der Waals surface area contributed by atoms with Crippen molar-refractivity contribution >= 4 is 42.2 Å². The van der Waals surface area contributed by atoms with Crippen LogP contribution < -0.4 is 27.8 Å². The Kier molecular flexibility index (Phi) is 12.0. The van der Waals surface area contributed by atoms with Crippen molar-refractivity contribution in [3.63, 3.8) is 0 Å². The number of aliphatic carboxylic acids is 1. The molecule has 1 fully saturated rings. The minimum atomic E-state index is -1.29. The van der Waals surface area contributed by atoms with Crippen molar-refractivity contribution < 1.29 is 29.1 Å². The minimum absolute atomic E-state index is 0.120. The van der Waals surface area contributed by atoms with Gasteiger partial charge in [-0.25, -0.2) is 4.79 Å². The fraction of sp³-hybridized carbons (Fsp3) is 0.737. The summed E-state index contributed by atoms with van der Waals surface area (Å²) in [6, 6.07) is -4.04. The molecule has 1 heterocycles. The molecule has 0 saturated carbocycles. The number of nitrogens with two attached hydrogens (primary N) is 3. The maximum Gasteiger partial charge on any atom is 0.327 e. The first-order valence-corrected chi connectivity index (χ1v) is 11.2. The van der Waals surface area contributed by atoms with E-state index in [1.165, 1.54) is 4.90 Å². The Balaban J connectivity index is 2.85. The van der Waals surface area contributed by atoms with E-state index in [1.807, 2.05) is 0 Å². The maximum absolute atomic E-state index is 12.9. The SMILES string of the molecule is NCCCCC(N)C(=O)N1CCCC1C(=O)NC(CCC(N)=O)C(=O)NC(CS)C(=O)O. The molecule has 0 aromatic carbocycles. The van der Waals surface area contributed by atoms with Crippen molar-refractivity contribution in [2.24, 2.45) is 17.2 Å². The molecule has 0 bridgehead atoms. The van der Waals surface area contributed by atoms with Crippen LogP contribution >= 0.6 is 12.6 Å². The van der Waals surface area contributed by atoms with E-state index in [2.05, 4.69) is 23.3 Å². The van der Waals surface area contributed by atoms with E-state index < -0.39 is 47.9 Å². The van der Waals surface area contributed by atoms with Gasteiger partial charge in [-0.3, -0.25) is 19.2 Å². The van der Waals surface area contributed by atoms with Gasteiger partial charge in [0.15, 0.2) is 0 Å². The van der Waals surface area contributed by atoms with E-state index in [-0.39, 0.29) is 24.5 Å². The molecule has 32 heavy (non-hydrogen) atoms. The molecule has 0 spiro atoms. The highest BCUT2D eigenvalue weighted by Gasteiger charge is 2.37. The molecular weight excluding hydrogens is 440 g/mol. The zero-order valence-corrected chi connectivity index (χ0v) is 18.9. The van der Waals surface area contributed by atoms with Crippen LogP contribution in [-0.4, -0.2) is 82.6 Å². The predicted molar refractivity (Wildman–Crippen MR) is 119 cm³/mol. The van der Waals surface area contributed by atoms with Crippen molar-refractivity contribution in [2.45, 2.75) is 69.1 Å². The van der Waals surface area contributed by atoms with Crippen molar-refractivity contribution in [1.82, 2.24) is 15.5 Å². The third-order valence-corrected chi connectivity index (χ3v) is 5.60. The van der Waals surface area contributed by atoms with Gasteiger partial charge in [0.25, 0.3) is 0 Å². The highest BCUT2D eigenvalue weighted by molar-refractivity contribution is 7.80. The van der Waals surface area contributed by atoms with Crippen LogP contribution in [0.25, 0.3) is 0 Å². The van der Waals surface area contributed by atoms with Crippen molar-refractivity contribution in [3.8, 4) is 0 Å². The van der Waals surface area contributed by atoms with Crippen LogP contribution in [0.4, 0.5) is 0 Å². The zero-order chi connectivity index (χ0) is 24.3. The van der Waals surface area contributed by atoms with Crippen LogP contribution in [0.3, 0.4) is 0 Å². The highest BCUT2D eigenvalue weighted by atomic mass is 32.1. The van der Waals surface area contributed by atoms with Gasteiger partial charge in [0.2, 0.25) is 23.6 Å². The average molecular weight is 475 g/mol. The number of nitrogens with one attached hydrogen (secondary N) is 2. The quantitative estimate of drug-likeness (QED) is 0.107. The lowest BCUT2D eigenvalue weighted by Crippen LogP contribution is -2.57. The van der Waals surface area contributed by atoms with Gasteiger partial charge in [-0.05, 0) is 38.6 Å². The molecule has 1 aliphatic rings. The van der Waals surface area contributed by atoms with Gasteiger partial charge in [0.05, 0.1) is 6.04 Å². The summed E-state index contributed by atoms with van der Waals surface area (Å²) in [7, 11) is 0. The molecule has 1 rings (SSSR count). The molecule has 1 saturated heterocycles. The summed E-state index contributed by atoms with van der Waals surface area (Å²) in [4.78, 5) is 61.9. The first kappa shape index (κ1) is 27.7. The molecule has 13 heteroatoms. The van der Waals surface area contributed by atoms with E-state index in [1.54, 1.807) is 0 Å². The number of likely N-dealkylation sites (tertiary alicyclic amines) is 1. The molecule has 0 aliphatic carbocycles. The molecular formula is C19H34N6O6S. The number of carboxylic acid groups (broad SMARTS) is 1. The van der Waals surface area contributed by atoms with Gasteiger partial charge in [-0.2, -0.15) is 12.6 Å². The average Bonchev–Trinajstić information content (AvgIpc) is 3.23. The normalized spacial score (nSPS) is 18.5. The smallest absolute Gasteiger partial charge is 0.327 e. The second kappa shape index (κ2) is 13.9. The van der Waals surface area contributed by atoms with Crippen LogP contribution in [0.15, 0.2) is 0 Å². The first-order valence-electron chi connectivity index (χ1n) is 10.6. The van der Waals surface area contributed by atoms with Crippen molar-refractivity contribution in [1.29, 1.82) is 0 Å². The van der Waals surface area contributed by atoms with Gasteiger partial charge in [0, 0.05) is 18.7 Å². The van der Waals surface area contributed by atoms with E-state index in [0.717, 1.165) is 6.42 Å². The molecule has 12 nitrogen and oxygen atoms in total. The van der Waals surface area contributed by atoms with E-state index in [4.69, 9.17) is 22.3 Å². The zero-order valence-electron chi connectivity index (χ0n) is 18.0. The predicted octanol–water partition coefficient (Wildman–Crippen LogP) is -2.32. The molecule has 4 atom stereocenters. The standard InChI is InChI=1S/C19H34N6O6S/c20-8-2-1-4-11(21)18(29)25-9-3-5-14(25)17(28)23-12(6-7-15(22)26)16(27)24-13(10-32)19(30)31/h11-14,32H,1-10,20-21H2,(H2,22,26)(H,23,28)(H,24,27)(H,30,31). The summed E-state index contributed by atoms with van der Waals surface area (Å²) in [5, 5.41) is 13.9. The Morgan fingerprint density at radius 2 is 1.78 bits per heavy atom.